The van der Waals surface area contributed by atoms with E-state index in [1.165, 1.54) is 25.7 Å². The maximum atomic E-state index is 11.8. The van der Waals surface area contributed by atoms with Gasteiger partial charge in [-0.2, -0.15) is 0 Å². The van der Waals surface area contributed by atoms with Crippen molar-refractivity contribution in [1.82, 2.24) is 4.90 Å². The maximum Gasteiger partial charge on any atom is 0.225 e. The number of carbonyl (C=O) groups is 1. The molecule has 0 spiro atoms. The summed E-state index contributed by atoms with van der Waals surface area (Å²) in [5.74, 6) is 0.841. The summed E-state index contributed by atoms with van der Waals surface area (Å²) in [7, 11) is 0. The lowest BCUT2D eigenvalue weighted by atomic mass is 10.1. The van der Waals surface area contributed by atoms with Crippen LogP contribution >= 0.6 is 0 Å². The zero-order valence-electron chi connectivity index (χ0n) is 7.59. The summed E-state index contributed by atoms with van der Waals surface area (Å²) in [6.45, 7) is 2.05. The number of hydrogen-bond acceptors (Lipinski definition) is 1. The van der Waals surface area contributed by atoms with Gasteiger partial charge in [0.05, 0.1) is 0 Å². The summed E-state index contributed by atoms with van der Waals surface area (Å²) in [4.78, 5) is 13.8. The summed E-state index contributed by atoms with van der Waals surface area (Å²) in [6, 6.07) is 0. The lowest BCUT2D eigenvalue weighted by Crippen LogP contribution is -2.32. The molecular formula is C10H17NO. The topological polar surface area (TPSA) is 20.3 Å². The molecule has 2 heteroatoms. The van der Waals surface area contributed by atoms with Crippen LogP contribution < -0.4 is 0 Å². The molecule has 12 heavy (non-hydrogen) atoms. The van der Waals surface area contributed by atoms with Gasteiger partial charge in [-0.3, -0.25) is 4.79 Å². The van der Waals surface area contributed by atoms with E-state index >= 15 is 0 Å². The molecule has 0 bridgehead atoms. The van der Waals surface area contributed by atoms with E-state index in [2.05, 4.69) is 4.90 Å². The largest absolute Gasteiger partial charge is 0.342 e. The highest BCUT2D eigenvalue weighted by Crippen LogP contribution is 2.27. The van der Waals surface area contributed by atoms with Crippen LogP contribution in [-0.2, 0) is 4.79 Å². The van der Waals surface area contributed by atoms with Crippen molar-refractivity contribution in [2.24, 2.45) is 5.92 Å². The van der Waals surface area contributed by atoms with Crippen LogP contribution in [0.1, 0.15) is 38.5 Å². The van der Waals surface area contributed by atoms with Gasteiger partial charge in [-0.15, -0.1) is 0 Å². The van der Waals surface area contributed by atoms with E-state index in [9.17, 15) is 4.79 Å². The number of likely N-dealkylation sites (tertiary alicyclic amines) is 1. The predicted octanol–water partition coefficient (Wildman–Crippen LogP) is 1.80. The first kappa shape index (κ1) is 8.09. The minimum Gasteiger partial charge on any atom is -0.342 e. The molecule has 0 N–H and O–H groups in total. The Bertz CT molecular complexity index is 149. The second-order valence-electron chi connectivity index (χ2n) is 4.01. The third-order valence-electron chi connectivity index (χ3n) is 3.12. The number of nitrogens with zero attached hydrogens (tertiary/aromatic N) is 1. The van der Waals surface area contributed by atoms with E-state index in [1.54, 1.807) is 0 Å². The summed E-state index contributed by atoms with van der Waals surface area (Å²) in [6.07, 6.45) is 7.27. The zero-order chi connectivity index (χ0) is 8.39. The predicted molar refractivity (Wildman–Crippen MR) is 47.8 cm³/mol. The summed E-state index contributed by atoms with van der Waals surface area (Å²) in [5, 5.41) is 0. The molecule has 2 fully saturated rings. The van der Waals surface area contributed by atoms with E-state index in [0.717, 1.165) is 25.9 Å². The maximum absolute atomic E-state index is 11.8. The number of carbonyl (C=O) groups excluding carboxylic acids is 1. The highest BCUT2D eigenvalue weighted by molar-refractivity contribution is 5.79. The normalized spacial score (nSPS) is 25.2. The molecule has 0 aromatic heterocycles. The van der Waals surface area contributed by atoms with Gasteiger partial charge in [0.1, 0.15) is 0 Å². The SMILES string of the molecule is O=C(C1CCCC1)N1CCCC1. The van der Waals surface area contributed by atoms with Gasteiger partial charge in [-0.1, -0.05) is 12.8 Å². The van der Waals surface area contributed by atoms with Crippen LogP contribution in [0.4, 0.5) is 0 Å². The average Bonchev–Trinajstić information content (AvgIpc) is 2.77. The third-order valence-corrected chi connectivity index (χ3v) is 3.12. The highest BCUT2D eigenvalue weighted by Gasteiger charge is 2.28. The molecule has 1 amide bonds. The molecule has 0 unspecified atom stereocenters. The molecule has 1 aliphatic heterocycles. The summed E-state index contributed by atoms with van der Waals surface area (Å²) >= 11 is 0. The molecule has 1 saturated heterocycles. The van der Waals surface area contributed by atoms with Gasteiger partial charge in [0.15, 0.2) is 0 Å². The van der Waals surface area contributed by atoms with Crippen molar-refractivity contribution in [3.05, 3.63) is 0 Å². The van der Waals surface area contributed by atoms with Crippen molar-refractivity contribution >= 4 is 5.91 Å². The molecule has 1 aliphatic carbocycles. The fourth-order valence-electron chi connectivity index (χ4n) is 2.37. The molecular weight excluding hydrogens is 150 g/mol. The Balaban J connectivity index is 1.89. The van der Waals surface area contributed by atoms with Crippen LogP contribution in [0.5, 0.6) is 0 Å². The Morgan fingerprint density at radius 3 is 2.17 bits per heavy atom. The third kappa shape index (κ3) is 1.47. The molecule has 0 aromatic carbocycles. The molecule has 0 atom stereocenters. The van der Waals surface area contributed by atoms with Gasteiger partial charge in [0, 0.05) is 19.0 Å². The average molecular weight is 167 g/mol. The second-order valence-corrected chi connectivity index (χ2v) is 4.01. The van der Waals surface area contributed by atoms with Crippen LogP contribution in [0, 0.1) is 5.92 Å². The molecule has 1 heterocycles. The van der Waals surface area contributed by atoms with Crippen LogP contribution in [0.15, 0.2) is 0 Å². The first-order chi connectivity index (χ1) is 5.88. The highest BCUT2D eigenvalue weighted by atomic mass is 16.2. The standard InChI is InChI=1S/C10H17NO/c12-10(9-5-1-2-6-9)11-7-3-4-8-11/h9H,1-8H2. The van der Waals surface area contributed by atoms with Crippen LogP contribution in [-0.4, -0.2) is 23.9 Å². The lowest BCUT2D eigenvalue weighted by molar-refractivity contribution is -0.134. The smallest absolute Gasteiger partial charge is 0.225 e. The van der Waals surface area contributed by atoms with E-state index in [0.29, 0.717) is 11.8 Å². The van der Waals surface area contributed by atoms with Gasteiger partial charge >= 0.3 is 0 Å². The van der Waals surface area contributed by atoms with Crippen molar-refractivity contribution in [2.75, 3.05) is 13.1 Å². The Hall–Kier alpha value is -0.530. The van der Waals surface area contributed by atoms with Gasteiger partial charge in [0.2, 0.25) is 5.91 Å². The van der Waals surface area contributed by atoms with Crippen molar-refractivity contribution in [2.45, 2.75) is 38.5 Å². The minimum atomic E-state index is 0.392. The van der Waals surface area contributed by atoms with Crippen molar-refractivity contribution in [3.63, 3.8) is 0 Å². The van der Waals surface area contributed by atoms with Gasteiger partial charge in [0.25, 0.3) is 0 Å². The number of rotatable bonds is 1. The Morgan fingerprint density at radius 2 is 1.58 bits per heavy atom. The quantitative estimate of drug-likeness (QED) is 0.583. The van der Waals surface area contributed by atoms with E-state index in [4.69, 9.17) is 0 Å². The second kappa shape index (κ2) is 3.46. The summed E-state index contributed by atoms with van der Waals surface area (Å²) in [5.41, 5.74) is 0. The molecule has 2 rings (SSSR count). The molecule has 1 saturated carbocycles. The molecule has 0 aromatic rings. The van der Waals surface area contributed by atoms with Crippen LogP contribution in [0.25, 0.3) is 0 Å². The van der Waals surface area contributed by atoms with Crippen molar-refractivity contribution in [3.8, 4) is 0 Å². The van der Waals surface area contributed by atoms with Crippen LogP contribution in [0.2, 0.25) is 0 Å². The molecule has 2 aliphatic rings. The van der Waals surface area contributed by atoms with Crippen LogP contribution in [0.3, 0.4) is 0 Å². The van der Waals surface area contributed by atoms with Gasteiger partial charge < -0.3 is 4.90 Å². The number of hydrogen-bond donors (Lipinski definition) is 0. The van der Waals surface area contributed by atoms with E-state index < -0.39 is 0 Å². The Labute approximate surface area is 73.9 Å². The lowest BCUT2D eigenvalue weighted by Gasteiger charge is -2.19. The molecule has 2 nitrogen and oxygen atoms in total. The van der Waals surface area contributed by atoms with E-state index in [1.807, 2.05) is 0 Å². The van der Waals surface area contributed by atoms with Crippen molar-refractivity contribution in [1.29, 1.82) is 0 Å². The summed E-state index contributed by atoms with van der Waals surface area (Å²) < 4.78 is 0. The fraction of sp³-hybridized carbons (Fsp3) is 0.900. The first-order valence-corrected chi connectivity index (χ1v) is 5.17. The minimum absolute atomic E-state index is 0.392. The first-order valence-electron chi connectivity index (χ1n) is 5.17. The molecule has 68 valence electrons. The molecule has 0 radical (unpaired) electrons. The number of amides is 1. The van der Waals surface area contributed by atoms with Crippen molar-refractivity contribution < 1.29 is 4.79 Å². The van der Waals surface area contributed by atoms with Gasteiger partial charge in [-0.25, -0.2) is 0 Å². The fourth-order valence-corrected chi connectivity index (χ4v) is 2.37. The van der Waals surface area contributed by atoms with E-state index in [-0.39, 0.29) is 0 Å². The Morgan fingerprint density at radius 1 is 1.00 bits per heavy atom. The Kier molecular flexibility index (Phi) is 2.33. The van der Waals surface area contributed by atoms with Gasteiger partial charge in [-0.05, 0) is 25.7 Å². The monoisotopic (exact) mass is 167 g/mol. The zero-order valence-corrected chi connectivity index (χ0v) is 7.59.